The normalized spacial score (nSPS) is 17.4. The van der Waals surface area contributed by atoms with Gasteiger partial charge in [0.25, 0.3) is 14.2 Å². The fourth-order valence-electron chi connectivity index (χ4n) is 3.01. The van der Waals surface area contributed by atoms with Crippen molar-refractivity contribution in [2.75, 3.05) is 4.57 Å². The average Bonchev–Trinajstić information content (AvgIpc) is 2.75. The van der Waals surface area contributed by atoms with Crippen molar-refractivity contribution in [3.8, 4) is 0 Å². The van der Waals surface area contributed by atoms with Crippen molar-refractivity contribution in [2.45, 2.75) is 91.7 Å². The van der Waals surface area contributed by atoms with Crippen LogP contribution in [0.15, 0.2) is 17.3 Å². The van der Waals surface area contributed by atoms with E-state index >= 15 is 0 Å². The van der Waals surface area contributed by atoms with E-state index in [1.165, 1.54) is 0 Å². The number of amides is 1. The molecule has 1 aliphatic heterocycles. The van der Waals surface area contributed by atoms with Crippen LogP contribution in [0.25, 0.3) is 0 Å². The number of hydrogen-bond donors (Lipinski definition) is 0. The molecule has 0 unspecified atom stereocenters. The Morgan fingerprint density at radius 1 is 0.929 bits per heavy atom. The summed E-state index contributed by atoms with van der Waals surface area (Å²) in [5.74, 6) is -0.00555. The number of nitrogens with zero attached hydrogens (tertiary/aromatic N) is 2. The highest BCUT2D eigenvalue weighted by Crippen LogP contribution is 2.46. The van der Waals surface area contributed by atoms with Gasteiger partial charge >= 0.3 is 0 Å². The number of benzene rings is 1. The van der Waals surface area contributed by atoms with Crippen molar-refractivity contribution in [1.82, 2.24) is 0 Å². The van der Waals surface area contributed by atoms with Crippen molar-refractivity contribution >= 4 is 33.9 Å². The number of hydrogen-bond acceptors (Lipinski definition) is 3. The van der Waals surface area contributed by atoms with Gasteiger partial charge in [0.15, 0.2) is 13.9 Å². The van der Waals surface area contributed by atoms with Crippen molar-refractivity contribution in [3.63, 3.8) is 0 Å². The maximum atomic E-state index is 13.7. The number of carbonyl (C=O) groups is 1. The van der Waals surface area contributed by atoms with E-state index in [0.717, 1.165) is 22.4 Å². The summed E-state index contributed by atoms with van der Waals surface area (Å²) in [5.41, 5.74) is 4.69. The summed E-state index contributed by atoms with van der Waals surface area (Å²) in [4.78, 5) is 13.7. The van der Waals surface area contributed by atoms with Crippen LogP contribution >= 0.6 is 0 Å². The molecule has 156 valence electrons. The molecular formula is C22H38N2O2Si2. The highest BCUT2D eigenvalue weighted by atomic mass is 28.4. The van der Waals surface area contributed by atoms with Gasteiger partial charge < -0.3 is 9.09 Å². The van der Waals surface area contributed by atoms with Crippen LogP contribution in [-0.2, 0) is 9.32 Å². The largest absolute Gasteiger partial charge is 0.454 e. The molecule has 1 heterocycles. The monoisotopic (exact) mass is 418 g/mol. The average molecular weight is 419 g/mol. The third-order valence-electron chi connectivity index (χ3n) is 6.89. The summed E-state index contributed by atoms with van der Waals surface area (Å²) in [5, 5.41) is 4.59. The molecule has 1 aromatic rings. The molecule has 4 nitrogen and oxygen atoms in total. The molecule has 0 saturated carbocycles. The predicted molar refractivity (Wildman–Crippen MR) is 125 cm³/mol. The van der Waals surface area contributed by atoms with E-state index in [-0.39, 0.29) is 16.0 Å². The first-order chi connectivity index (χ1) is 12.4. The molecule has 0 atom stereocenters. The van der Waals surface area contributed by atoms with E-state index in [1.54, 1.807) is 0 Å². The Balaban J connectivity index is 2.67. The maximum absolute atomic E-state index is 13.7. The Labute approximate surface area is 173 Å². The molecule has 0 aromatic heterocycles. The SMILES string of the molecule is Cc1cc(C)c2c(c1)/C(=N/O[Si](C)(C)C(C)(C)C)C(=O)N2[Si](C)(C)C(C)(C)C. The van der Waals surface area contributed by atoms with Crippen molar-refractivity contribution in [1.29, 1.82) is 0 Å². The standard InChI is InChI=1S/C22H38N2O2Si2/c1-15-13-16(2)19-17(14-15)18(23-26-28(11,12)22(6,7)8)20(25)24(19)27(9,10)21(3,4)5/h13-14H,1-12H3/b23-18-. The highest BCUT2D eigenvalue weighted by molar-refractivity contribution is 6.90. The van der Waals surface area contributed by atoms with Gasteiger partial charge in [-0.1, -0.05) is 71.4 Å². The van der Waals surface area contributed by atoms with Crippen LogP contribution in [-0.4, -0.2) is 28.2 Å². The zero-order chi connectivity index (χ0) is 21.9. The van der Waals surface area contributed by atoms with Gasteiger partial charge in [0, 0.05) is 11.3 Å². The zero-order valence-electron chi connectivity index (χ0n) is 19.9. The van der Waals surface area contributed by atoms with E-state index < -0.39 is 16.6 Å². The molecule has 2 rings (SSSR count). The van der Waals surface area contributed by atoms with Crippen LogP contribution < -0.4 is 4.57 Å². The number of carbonyl (C=O) groups excluding carboxylic acids is 1. The van der Waals surface area contributed by atoms with Gasteiger partial charge in [0.05, 0.1) is 0 Å². The Hall–Kier alpha value is -1.41. The second-order valence-corrected chi connectivity index (χ2v) is 21.0. The molecule has 1 aliphatic rings. The molecule has 0 fully saturated rings. The Morgan fingerprint density at radius 2 is 1.46 bits per heavy atom. The smallest absolute Gasteiger partial charge is 0.286 e. The lowest BCUT2D eigenvalue weighted by atomic mass is 10.0. The minimum atomic E-state index is -2.13. The summed E-state index contributed by atoms with van der Waals surface area (Å²) in [6.45, 7) is 26.3. The first kappa shape index (κ1) is 22.9. The first-order valence-corrected chi connectivity index (χ1v) is 16.0. The minimum Gasteiger partial charge on any atom is -0.454 e. The van der Waals surface area contributed by atoms with E-state index in [9.17, 15) is 4.79 Å². The van der Waals surface area contributed by atoms with Crippen LogP contribution in [0.3, 0.4) is 0 Å². The molecule has 0 aliphatic carbocycles. The molecule has 28 heavy (non-hydrogen) atoms. The summed E-state index contributed by atoms with van der Waals surface area (Å²) in [7, 11) is -4.23. The number of anilines is 1. The Kier molecular flexibility index (Phi) is 5.58. The molecule has 6 heteroatoms. The topological polar surface area (TPSA) is 41.9 Å². The molecule has 1 aromatic carbocycles. The molecular weight excluding hydrogens is 380 g/mol. The van der Waals surface area contributed by atoms with Crippen LogP contribution in [0.2, 0.25) is 36.3 Å². The third kappa shape index (κ3) is 3.73. The van der Waals surface area contributed by atoms with E-state index in [4.69, 9.17) is 4.53 Å². The Bertz CT molecular complexity index is 828. The van der Waals surface area contributed by atoms with Gasteiger partial charge in [-0.2, -0.15) is 0 Å². The van der Waals surface area contributed by atoms with Crippen LogP contribution in [0.5, 0.6) is 0 Å². The van der Waals surface area contributed by atoms with Gasteiger partial charge in [-0.15, -0.1) is 0 Å². The van der Waals surface area contributed by atoms with Crippen LogP contribution in [0, 0.1) is 13.8 Å². The van der Waals surface area contributed by atoms with Gasteiger partial charge in [0.2, 0.25) is 0 Å². The second-order valence-electron chi connectivity index (χ2n) is 11.2. The fraction of sp³-hybridized carbons (Fsp3) is 0.636. The van der Waals surface area contributed by atoms with Crippen molar-refractivity contribution in [3.05, 3.63) is 28.8 Å². The molecule has 0 radical (unpaired) electrons. The Morgan fingerprint density at radius 3 is 1.93 bits per heavy atom. The summed E-state index contributed by atoms with van der Waals surface area (Å²) < 4.78 is 8.20. The molecule has 1 amide bonds. The lowest BCUT2D eigenvalue weighted by Gasteiger charge is -2.44. The quantitative estimate of drug-likeness (QED) is 0.422. The lowest BCUT2D eigenvalue weighted by molar-refractivity contribution is -0.111. The lowest BCUT2D eigenvalue weighted by Crippen LogP contribution is -2.57. The summed E-state index contributed by atoms with van der Waals surface area (Å²) >= 11 is 0. The minimum absolute atomic E-state index is 0.00555. The first-order valence-electron chi connectivity index (χ1n) is 10.1. The summed E-state index contributed by atoms with van der Waals surface area (Å²) in [6, 6.07) is 4.24. The molecule has 0 saturated heterocycles. The third-order valence-corrected chi connectivity index (χ3v) is 16.3. The van der Waals surface area contributed by atoms with Gasteiger partial charge in [-0.05, 0) is 48.6 Å². The van der Waals surface area contributed by atoms with Gasteiger partial charge in [-0.3, -0.25) is 4.79 Å². The predicted octanol–water partition coefficient (Wildman–Crippen LogP) is 6.38. The number of fused-ring (bicyclic) bond motifs is 1. The van der Waals surface area contributed by atoms with E-state index in [2.05, 4.69) is 103 Å². The zero-order valence-corrected chi connectivity index (χ0v) is 21.9. The number of rotatable bonds is 3. The molecule has 0 N–H and O–H groups in total. The van der Waals surface area contributed by atoms with Gasteiger partial charge in [-0.25, -0.2) is 0 Å². The van der Waals surface area contributed by atoms with Crippen LogP contribution in [0.4, 0.5) is 5.69 Å². The number of aryl methyl sites for hydroxylation is 2. The van der Waals surface area contributed by atoms with Crippen molar-refractivity contribution in [2.24, 2.45) is 5.16 Å². The molecule has 0 bridgehead atoms. The van der Waals surface area contributed by atoms with Crippen LogP contribution in [0.1, 0.15) is 58.2 Å². The number of oxime groups is 1. The second kappa shape index (κ2) is 6.83. The van der Waals surface area contributed by atoms with Crippen molar-refractivity contribution < 1.29 is 9.32 Å². The van der Waals surface area contributed by atoms with E-state index in [1.807, 2.05) is 0 Å². The maximum Gasteiger partial charge on any atom is 0.286 e. The van der Waals surface area contributed by atoms with E-state index in [0.29, 0.717) is 5.71 Å². The highest BCUT2D eigenvalue weighted by Gasteiger charge is 2.51. The van der Waals surface area contributed by atoms with Gasteiger partial charge in [0.1, 0.15) is 0 Å². The fourth-order valence-corrected chi connectivity index (χ4v) is 5.75. The summed E-state index contributed by atoms with van der Waals surface area (Å²) in [6.07, 6.45) is 0. The molecule has 0 spiro atoms.